The fourth-order valence-electron chi connectivity index (χ4n) is 1.56. The van der Waals surface area contributed by atoms with E-state index in [1.165, 1.54) is 12.8 Å². The molecule has 0 aliphatic heterocycles. The van der Waals surface area contributed by atoms with Crippen molar-refractivity contribution in [2.45, 2.75) is 38.8 Å². The van der Waals surface area contributed by atoms with E-state index >= 15 is 0 Å². The Bertz CT molecular complexity index is 226. The number of rotatable bonds is 7. The Kier molecular flexibility index (Phi) is 5.22. The Labute approximate surface area is 99.0 Å². The first kappa shape index (κ1) is 13.5. The van der Waals surface area contributed by atoms with E-state index in [0.29, 0.717) is 6.54 Å². The van der Waals surface area contributed by atoms with Gasteiger partial charge in [-0.1, -0.05) is 0 Å². The van der Waals surface area contributed by atoms with Crippen LogP contribution in [-0.2, 0) is 4.79 Å². The number of hydrogen-bond acceptors (Lipinski definition) is 3. The van der Waals surface area contributed by atoms with E-state index in [9.17, 15) is 4.79 Å². The smallest absolute Gasteiger partial charge is 0.236 e. The van der Waals surface area contributed by atoms with Crippen LogP contribution in [0, 0.1) is 0 Å². The van der Waals surface area contributed by atoms with Crippen molar-refractivity contribution in [3.63, 3.8) is 0 Å². The van der Waals surface area contributed by atoms with Gasteiger partial charge in [0, 0.05) is 32.2 Å². The monoisotopic (exact) mass is 227 g/mol. The van der Waals surface area contributed by atoms with Gasteiger partial charge in [-0.3, -0.25) is 4.79 Å². The van der Waals surface area contributed by atoms with Gasteiger partial charge in [-0.25, -0.2) is 0 Å². The molecular formula is C12H25N3O. The Morgan fingerprint density at radius 1 is 1.38 bits per heavy atom. The van der Waals surface area contributed by atoms with Gasteiger partial charge in [-0.05, 0) is 33.7 Å². The molecule has 0 saturated heterocycles. The summed E-state index contributed by atoms with van der Waals surface area (Å²) in [5, 5.41) is 3.20. The van der Waals surface area contributed by atoms with Crippen molar-refractivity contribution in [1.82, 2.24) is 15.1 Å². The molecule has 0 aromatic heterocycles. The Morgan fingerprint density at radius 3 is 2.50 bits per heavy atom. The van der Waals surface area contributed by atoms with Crippen LogP contribution in [0.4, 0.5) is 0 Å². The van der Waals surface area contributed by atoms with Crippen molar-refractivity contribution >= 4 is 5.91 Å². The minimum absolute atomic E-state index is 0.170. The van der Waals surface area contributed by atoms with Gasteiger partial charge in [0.25, 0.3) is 0 Å². The van der Waals surface area contributed by atoms with Gasteiger partial charge in [0.05, 0.1) is 6.54 Å². The van der Waals surface area contributed by atoms with E-state index in [1.54, 1.807) is 4.90 Å². The molecule has 4 heteroatoms. The molecule has 1 amide bonds. The molecule has 0 atom stereocenters. The Morgan fingerprint density at radius 2 is 2.00 bits per heavy atom. The molecule has 1 aliphatic rings. The van der Waals surface area contributed by atoms with Gasteiger partial charge in [-0.2, -0.15) is 0 Å². The number of nitrogens with zero attached hydrogens (tertiary/aromatic N) is 2. The number of hydrogen-bond donors (Lipinski definition) is 1. The lowest BCUT2D eigenvalue weighted by molar-refractivity contribution is -0.130. The lowest BCUT2D eigenvalue weighted by atomic mass is 10.3. The van der Waals surface area contributed by atoms with E-state index < -0.39 is 0 Å². The average molecular weight is 227 g/mol. The number of likely N-dealkylation sites (N-methyl/N-ethyl adjacent to an activating group) is 2. The van der Waals surface area contributed by atoms with Gasteiger partial charge >= 0.3 is 0 Å². The predicted octanol–water partition coefficient (Wildman–Crippen LogP) is 0.537. The molecule has 1 aliphatic carbocycles. The summed E-state index contributed by atoms with van der Waals surface area (Å²) in [7, 11) is 4.01. The maximum Gasteiger partial charge on any atom is 0.236 e. The molecular weight excluding hydrogens is 202 g/mol. The first-order chi connectivity index (χ1) is 7.52. The maximum absolute atomic E-state index is 11.6. The van der Waals surface area contributed by atoms with Crippen molar-refractivity contribution in [3.8, 4) is 0 Å². The fraction of sp³-hybridized carbons (Fsp3) is 0.917. The van der Waals surface area contributed by atoms with Crippen LogP contribution in [0.1, 0.15) is 26.7 Å². The first-order valence-electron chi connectivity index (χ1n) is 6.19. The number of amides is 1. The zero-order chi connectivity index (χ0) is 12.1. The summed E-state index contributed by atoms with van der Waals surface area (Å²) in [5.41, 5.74) is 0. The van der Waals surface area contributed by atoms with Gasteiger partial charge in [0.2, 0.25) is 5.91 Å². The van der Waals surface area contributed by atoms with Crippen LogP contribution in [0.2, 0.25) is 0 Å². The molecule has 0 aromatic carbocycles. The second kappa shape index (κ2) is 6.21. The molecule has 1 N–H and O–H groups in total. The quantitative estimate of drug-likeness (QED) is 0.645. The highest BCUT2D eigenvalue weighted by atomic mass is 16.2. The number of nitrogens with one attached hydrogen (secondary N) is 1. The van der Waals surface area contributed by atoms with Gasteiger partial charge in [0.15, 0.2) is 0 Å². The summed E-state index contributed by atoms with van der Waals surface area (Å²) in [4.78, 5) is 15.8. The highest BCUT2D eigenvalue weighted by molar-refractivity contribution is 5.78. The lowest BCUT2D eigenvalue weighted by Crippen LogP contribution is -2.41. The van der Waals surface area contributed by atoms with Crippen LogP contribution >= 0.6 is 0 Å². The van der Waals surface area contributed by atoms with Crippen LogP contribution in [0.3, 0.4) is 0 Å². The molecule has 0 aromatic rings. The third-order valence-electron chi connectivity index (χ3n) is 3.26. The summed E-state index contributed by atoms with van der Waals surface area (Å²) in [5.74, 6) is 0.170. The standard InChI is InChI=1S/C12H25N3O/c1-10(2)15(4)12(16)9-13-7-8-14(3)11-5-6-11/h10-11,13H,5-9H2,1-4H3. The highest BCUT2D eigenvalue weighted by Crippen LogP contribution is 2.24. The fourth-order valence-corrected chi connectivity index (χ4v) is 1.56. The van der Waals surface area contributed by atoms with Gasteiger partial charge in [-0.15, -0.1) is 0 Å². The second-order valence-electron chi connectivity index (χ2n) is 4.99. The van der Waals surface area contributed by atoms with E-state index in [1.807, 2.05) is 20.9 Å². The molecule has 1 saturated carbocycles. The van der Waals surface area contributed by atoms with E-state index in [0.717, 1.165) is 19.1 Å². The third kappa shape index (κ3) is 4.49. The molecule has 0 heterocycles. The van der Waals surface area contributed by atoms with Crippen LogP contribution < -0.4 is 5.32 Å². The molecule has 16 heavy (non-hydrogen) atoms. The summed E-state index contributed by atoms with van der Waals surface area (Å²) >= 11 is 0. The van der Waals surface area contributed by atoms with Crippen LogP contribution in [0.25, 0.3) is 0 Å². The first-order valence-corrected chi connectivity index (χ1v) is 6.19. The maximum atomic E-state index is 11.6. The molecule has 0 spiro atoms. The van der Waals surface area contributed by atoms with Gasteiger partial charge < -0.3 is 15.1 Å². The van der Waals surface area contributed by atoms with Crippen molar-refractivity contribution < 1.29 is 4.79 Å². The molecule has 4 nitrogen and oxygen atoms in total. The molecule has 1 fully saturated rings. The number of carbonyl (C=O) groups excluding carboxylic acids is 1. The molecule has 0 unspecified atom stereocenters. The third-order valence-corrected chi connectivity index (χ3v) is 3.26. The lowest BCUT2D eigenvalue weighted by Gasteiger charge is -2.22. The average Bonchev–Trinajstić information content (AvgIpc) is 3.05. The zero-order valence-electron chi connectivity index (χ0n) is 11.0. The van der Waals surface area contributed by atoms with Crippen molar-refractivity contribution in [2.24, 2.45) is 0 Å². The highest BCUT2D eigenvalue weighted by Gasteiger charge is 2.25. The van der Waals surface area contributed by atoms with E-state index in [4.69, 9.17) is 0 Å². The van der Waals surface area contributed by atoms with E-state index in [2.05, 4.69) is 17.3 Å². The van der Waals surface area contributed by atoms with Crippen molar-refractivity contribution in [2.75, 3.05) is 33.7 Å². The molecule has 0 bridgehead atoms. The van der Waals surface area contributed by atoms with Gasteiger partial charge in [0.1, 0.15) is 0 Å². The normalized spacial score (nSPS) is 15.9. The minimum Gasteiger partial charge on any atom is -0.342 e. The summed E-state index contributed by atoms with van der Waals surface area (Å²) < 4.78 is 0. The topological polar surface area (TPSA) is 35.6 Å². The predicted molar refractivity (Wildman–Crippen MR) is 66.4 cm³/mol. The molecule has 1 rings (SSSR count). The second-order valence-corrected chi connectivity index (χ2v) is 4.99. The zero-order valence-corrected chi connectivity index (χ0v) is 11.0. The molecule has 94 valence electrons. The SMILES string of the molecule is CC(C)N(C)C(=O)CNCCN(C)C1CC1. The van der Waals surface area contributed by atoms with Crippen molar-refractivity contribution in [1.29, 1.82) is 0 Å². The summed E-state index contributed by atoms with van der Waals surface area (Å²) in [6.45, 7) is 6.43. The van der Waals surface area contributed by atoms with Crippen LogP contribution in [-0.4, -0.2) is 61.5 Å². The molecule has 0 radical (unpaired) electrons. The summed E-state index contributed by atoms with van der Waals surface area (Å²) in [6, 6.07) is 1.08. The minimum atomic E-state index is 0.170. The largest absolute Gasteiger partial charge is 0.342 e. The number of carbonyl (C=O) groups is 1. The van der Waals surface area contributed by atoms with Crippen LogP contribution in [0.15, 0.2) is 0 Å². The summed E-state index contributed by atoms with van der Waals surface area (Å²) in [6.07, 6.45) is 2.68. The van der Waals surface area contributed by atoms with Crippen molar-refractivity contribution in [3.05, 3.63) is 0 Å². The van der Waals surface area contributed by atoms with E-state index in [-0.39, 0.29) is 11.9 Å². The van der Waals surface area contributed by atoms with Crippen LogP contribution in [0.5, 0.6) is 0 Å². The Hall–Kier alpha value is -0.610. The Balaban J connectivity index is 2.03.